The molecule has 3 rings (SSSR count). The van der Waals surface area contributed by atoms with E-state index in [9.17, 15) is 14.0 Å². The fourth-order valence-corrected chi connectivity index (χ4v) is 3.70. The highest BCUT2D eigenvalue weighted by Crippen LogP contribution is 2.23. The fourth-order valence-electron chi connectivity index (χ4n) is 2.23. The maximum Gasteiger partial charge on any atom is 0.338 e. The molecule has 0 aliphatic carbocycles. The van der Waals surface area contributed by atoms with Crippen molar-refractivity contribution in [1.82, 2.24) is 4.98 Å². The van der Waals surface area contributed by atoms with Gasteiger partial charge >= 0.3 is 5.97 Å². The molecule has 0 saturated carbocycles. The van der Waals surface area contributed by atoms with Crippen LogP contribution in [0.3, 0.4) is 0 Å². The average Bonchev–Trinajstić information content (AvgIpc) is 3.22. The van der Waals surface area contributed by atoms with Gasteiger partial charge in [-0.1, -0.05) is 12.1 Å². The van der Waals surface area contributed by atoms with Gasteiger partial charge in [-0.15, -0.1) is 23.1 Å². The monoisotopic (exact) mass is 416 g/mol. The standard InChI is InChI=1S/C20H17FN2O3S2/c1-13(19(24)23-18-5-3-2-4-17(18)21)26-20(25)14-6-8-16(9-7-14)28-11-15-10-27-12-22-15/h2-10,12-13H,11H2,1H3,(H,23,24)/t13-/m0/s1. The normalized spacial score (nSPS) is 11.6. The first-order valence-electron chi connectivity index (χ1n) is 8.39. The predicted molar refractivity (Wildman–Crippen MR) is 108 cm³/mol. The van der Waals surface area contributed by atoms with Gasteiger partial charge in [0.15, 0.2) is 6.10 Å². The Morgan fingerprint density at radius 1 is 1.21 bits per heavy atom. The van der Waals surface area contributed by atoms with Gasteiger partial charge in [-0.05, 0) is 43.3 Å². The number of halogens is 1. The number of para-hydroxylation sites is 1. The number of rotatable bonds is 7. The Balaban J connectivity index is 1.53. The molecule has 0 spiro atoms. The van der Waals surface area contributed by atoms with E-state index in [0.717, 1.165) is 16.3 Å². The molecule has 1 amide bonds. The molecule has 28 heavy (non-hydrogen) atoms. The van der Waals surface area contributed by atoms with Gasteiger partial charge in [0.25, 0.3) is 5.91 Å². The summed E-state index contributed by atoms with van der Waals surface area (Å²) >= 11 is 3.16. The third kappa shape index (κ3) is 5.40. The van der Waals surface area contributed by atoms with Crippen molar-refractivity contribution in [1.29, 1.82) is 0 Å². The van der Waals surface area contributed by atoms with Crippen molar-refractivity contribution < 1.29 is 18.7 Å². The zero-order valence-corrected chi connectivity index (χ0v) is 16.6. The Morgan fingerprint density at radius 3 is 2.64 bits per heavy atom. The molecule has 1 atom stereocenters. The van der Waals surface area contributed by atoms with E-state index in [4.69, 9.17) is 4.74 Å². The molecular weight excluding hydrogens is 399 g/mol. The second kappa shape index (κ2) is 9.48. The van der Waals surface area contributed by atoms with E-state index in [1.165, 1.54) is 25.1 Å². The Labute approximate surface area is 170 Å². The maximum absolute atomic E-state index is 13.6. The van der Waals surface area contributed by atoms with Gasteiger partial charge < -0.3 is 10.1 Å². The zero-order valence-electron chi connectivity index (χ0n) is 14.9. The number of carbonyl (C=O) groups is 2. The lowest BCUT2D eigenvalue weighted by Gasteiger charge is -2.14. The number of amides is 1. The molecule has 2 aromatic carbocycles. The van der Waals surface area contributed by atoms with Crippen molar-refractivity contribution in [3.63, 3.8) is 0 Å². The molecule has 144 valence electrons. The first kappa shape index (κ1) is 20.0. The molecule has 0 fully saturated rings. The van der Waals surface area contributed by atoms with Crippen LogP contribution in [0.15, 0.2) is 64.3 Å². The molecule has 0 aliphatic heterocycles. The molecule has 1 heterocycles. The number of esters is 1. The van der Waals surface area contributed by atoms with Crippen LogP contribution in [0.2, 0.25) is 0 Å². The quantitative estimate of drug-likeness (QED) is 0.444. The summed E-state index contributed by atoms with van der Waals surface area (Å²) in [7, 11) is 0. The second-order valence-corrected chi connectivity index (χ2v) is 7.58. The summed E-state index contributed by atoms with van der Waals surface area (Å²) in [6, 6.07) is 12.7. The summed E-state index contributed by atoms with van der Waals surface area (Å²) < 4.78 is 18.8. The Hall–Kier alpha value is -2.71. The summed E-state index contributed by atoms with van der Waals surface area (Å²) in [5.41, 5.74) is 3.17. The van der Waals surface area contributed by atoms with Crippen LogP contribution in [0.4, 0.5) is 10.1 Å². The average molecular weight is 416 g/mol. The summed E-state index contributed by atoms with van der Waals surface area (Å²) in [4.78, 5) is 29.6. The number of benzene rings is 2. The first-order chi connectivity index (χ1) is 13.5. The van der Waals surface area contributed by atoms with E-state index in [0.29, 0.717) is 5.56 Å². The van der Waals surface area contributed by atoms with Gasteiger partial charge in [-0.25, -0.2) is 14.2 Å². The smallest absolute Gasteiger partial charge is 0.338 e. The molecule has 5 nitrogen and oxygen atoms in total. The lowest BCUT2D eigenvalue weighted by Crippen LogP contribution is -2.30. The predicted octanol–water partition coefficient (Wildman–Crippen LogP) is 4.76. The highest BCUT2D eigenvalue weighted by Gasteiger charge is 2.20. The highest BCUT2D eigenvalue weighted by atomic mass is 32.2. The molecular formula is C20H17FN2O3S2. The van der Waals surface area contributed by atoms with Crippen molar-refractivity contribution in [2.75, 3.05) is 5.32 Å². The minimum Gasteiger partial charge on any atom is -0.449 e. The summed E-state index contributed by atoms with van der Waals surface area (Å²) in [6.45, 7) is 1.44. The van der Waals surface area contributed by atoms with Crippen LogP contribution in [0.25, 0.3) is 0 Å². The van der Waals surface area contributed by atoms with E-state index in [1.807, 2.05) is 17.5 Å². The molecule has 0 radical (unpaired) electrons. The lowest BCUT2D eigenvalue weighted by atomic mass is 10.2. The van der Waals surface area contributed by atoms with Crippen LogP contribution in [0.1, 0.15) is 23.0 Å². The van der Waals surface area contributed by atoms with Crippen molar-refractivity contribution >= 4 is 40.7 Å². The van der Waals surface area contributed by atoms with Crippen LogP contribution in [-0.2, 0) is 15.3 Å². The van der Waals surface area contributed by atoms with E-state index in [2.05, 4.69) is 10.3 Å². The Morgan fingerprint density at radius 2 is 1.96 bits per heavy atom. The topological polar surface area (TPSA) is 68.3 Å². The molecule has 0 saturated heterocycles. The lowest BCUT2D eigenvalue weighted by molar-refractivity contribution is -0.123. The SMILES string of the molecule is C[C@H](OC(=O)c1ccc(SCc2cscn2)cc1)C(=O)Nc1ccccc1F. The van der Waals surface area contributed by atoms with Crippen LogP contribution in [0, 0.1) is 5.82 Å². The number of thiazole rings is 1. The number of aromatic nitrogens is 1. The van der Waals surface area contributed by atoms with Gasteiger partial charge in [0, 0.05) is 16.0 Å². The number of hydrogen-bond acceptors (Lipinski definition) is 6. The van der Waals surface area contributed by atoms with Crippen LogP contribution in [-0.4, -0.2) is 23.0 Å². The molecule has 8 heteroatoms. The van der Waals surface area contributed by atoms with Crippen LogP contribution in [0.5, 0.6) is 0 Å². The van der Waals surface area contributed by atoms with Gasteiger partial charge in [0.05, 0.1) is 22.5 Å². The first-order valence-corrected chi connectivity index (χ1v) is 10.3. The van der Waals surface area contributed by atoms with E-state index >= 15 is 0 Å². The molecule has 0 unspecified atom stereocenters. The number of nitrogens with zero attached hydrogens (tertiary/aromatic N) is 1. The van der Waals surface area contributed by atoms with Crippen molar-refractivity contribution in [3.8, 4) is 0 Å². The number of carbonyl (C=O) groups excluding carboxylic acids is 2. The van der Waals surface area contributed by atoms with Crippen molar-refractivity contribution in [2.45, 2.75) is 23.7 Å². The molecule has 3 aromatic rings. The van der Waals surface area contributed by atoms with Gasteiger partial charge in [0.2, 0.25) is 0 Å². The summed E-state index contributed by atoms with van der Waals surface area (Å²) in [6.07, 6.45) is -1.06. The van der Waals surface area contributed by atoms with E-state index < -0.39 is 23.8 Å². The summed E-state index contributed by atoms with van der Waals surface area (Å²) in [5, 5.41) is 4.40. The third-order valence-electron chi connectivity index (χ3n) is 3.74. The minimum atomic E-state index is -1.06. The van der Waals surface area contributed by atoms with Crippen molar-refractivity contribution in [2.24, 2.45) is 0 Å². The number of ether oxygens (including phenoxy) is 1. The van der Waals surface area contributed by atoms with Gasteiger partial charge in [-0.2, -0.15) is 0 Å². The maximum atomic E-state index is 13.6. The van der Waals surface area contributed by atoms with Crippen LogP contribution >= 0.6 is 23.1 Å². The fraction of sp³-hybridized carbons (Fsp3) is 0.150. The number of anilines is 1. The molecule has 1 N–H and O–H groups in total. The molecule has 0 bridgehead atoms. The van der Waals surface area contributed by atoms with E-state index in [-0.39, 0.29) is 5.69 Å². The summed E-state index contributed by atoms with van der Waals surface area (Å²) in [5.74, 6) is -1.03. The van der Waals surface area contributed by atoms with Crippen LogP contribution < -0.4 is 5.32 Å². The third-order valence-corrected chi connectivity index (χ3v) is 5.43. The van der Waals surface area contributed by atoms with Gasteiger partial charge in [-0.3, -0.25) is 4.79 Å². The molecule has 1 aromatic heterocycles. The zero-order chi connectivity index (χ0) is 19.9. The van der Waals surface area contributed by atoms with E-state index in [1.54, 1.807) is 46.8 Å². The Bertz CT molecular complexity index is 946. The Kier molecular flexibility index (Phi) is 6.78. The number of nitrogens with one attached hydrogen (secondary N) is 1. The van der Waals surface area contributed by atoms with Crippen molar-refractivity contribution in [3.05, 3.63) is 76.5 Å². The minimum absolute atomic E-state index is 0.0388. The largest absolute Gasteiger partial charge is 0.449 e. The van der Waals surface area contributed by atoms with Gasteiger partial charge in [0.1, 0.15) is 5.82 Å². The molecule has 0 aliphatic rings. The second-order valence-electron chi connectivity index (χ2n) is 5.81. The highest BCUT2D eigenvalue weighted by molar-refractivity contribution is 7.98. The number of thioether (sulfide) groups is 1. The number of hydrogen-bond donors (Lipinski definition) is 1.